The van der Waals surface area contributed by atoms with Crippen molar-refractivity contribution in [3.05, 3.63) is 47.5 Å². The van der Waals surface area contributed by atoms with E-state index in [2.05, 4.69) is 21.5 Å². The quantitative estimate of drug-likeness (QED) is 0.907. The molecule has 0 radical (unpaired) electrons. The van der Waals surface area contributed by atoms with Gasteiger partial charge in [-0.2, -0.15) is 5.10 Å². The maximum absolute atomic E-state index is 12.2. The molecule has 1 amide bonds. The third kappa shape index (κ3) is 3.23. The Morgan fingerprint density at radius 2 is 2.25 bits per heavy atom. The number of carbonyl (C=O) groups is 1. The average Bonchev–Trinajstić information content (AvgIpc) is 2.95. The van der Waals surface area contributed by atoms with E-state index < -0.39 is 0 Å². The number of pyridine rings is 1. The minimum absolute atomic E-state index is 0.0190. The number of amides is 1. The molecule has 0 aliphatic heterocycles. The number of nitrogens with zero attached hydrogens (tertiary/aromatic N) is 3. The van der Waals surface area contributed by atoms with E-state index >= 15 is 0 Å². The zero-order valence-electron chi connectivity index (χ0n) is 12.1. The molecule has 2 rings (SSSR count). The van der Waals surface area contributed by atoms with Gasteiger partial charge >= 0.3 is 0 Å². The van der Waals surface area contributed by atoms with E-state index in [0.717, 1.165) is 16.8 Å². The van der Waals surface area contributed by atoms with E-state index in [9.17, 15) is 4.79 Å². The lowest BCUT2D eigenvalue weighted by molar-refractivity contribution is -0.124. The summed E-state index contributed by atoms with van der Waals surface area (Å²) in [6.45, 7) is 6.46. The molecule has 0 aliphatic rings. The van der Waals surface area contributed by atoms with Gasteiger partial charge in [0.2, 0.25) is 5.91 Å². The molecule has 2 aromatic heterocycles. The zero-order chi connectivity index (χ0) is 14.5. The van der Waals surface area contributed by atoms with Crippen LogP contribution in [0.5, 0.6) is 0 Å². The van der Waals surface area contributed by atoms with Crippen LogP contribution in [0.15, 0.2) is 30.7 Å². The number of aryl methyl sites for hydroxylation is 2. The molecule has 1 N–H and O–H groups in total. The van der Waals surface area contributed by atoms with Crippen LogP contribution in [0.3, 0.4) is 0 Å². The summed E-state index contributed by atoms with van der Waals surface area (Å²) in [5.41, 5.74) is 3.16. The van der Waals surface area contributed by atoms with E-state index in [0.29, 0.717) is 13.0 Å². The molecule has 0 saturated heterocycles. The lowest BCUT2D eigenvalue weighted by atomic mass is 10.1. The fourth-order valence-corrected chi connectivity index (χ4v) is 2.06. The monoisotopic (exact) mass is 272 g/mol. The maximum atomic E-state index is 12.2. The highest BCUT2D eigenvalue weighted by molar-refractivity contribution is 5.80. The summed E-state index contributed by atoms with van der Waals surface area (Å²) in [4.78, 5) is 16.5. The predicted molar refractivity (Wildman–Crippen MR) is 77.1 cm³/mol. The summed E-state index contributed by atoms with van der Waals surface area (Å²) in [5.74, 6) is -0.0190. The topological polar surface area (TPSA) is 59.8 Å². The van der Waals surface area contributed by atoms with Crippen LogP contribution in [-0.2, 0) is 11.3 Å². The molecule has 1 unspecified atom stereocenters. The first kappa shape index (κ1) is 14.2. The van der Waals surface area contributed by atoms with Gasteiger partial charge in [-0.25, -0.2) is 0 Å². The van der Waals surface area contributed by atoms with E-state index in [1.54, 1.807) is 17.1 Å². The van der Waals surface area contributed by atoms with Crippen molar-refractivity contribution in [1.82, 2.24) is 20.1 Å². The Hall–Kier alpha value is -2.17. The van der Waals surface area contributed by atoms with Gasteiger partial charge in [0, 0.05) is 30.8 Å². The van der Waals surface area contributed by atoms with Crippen LogP contribution < -0.4 is 5.32 Å². The molecule has 2 aromatic rings. The minimum atomic E-state index is -0.260. The van der Waals surface area contributed by atoms with Crippen LogP contribution in [0.4, 0.5) is 0 Å². The van der Waals surface area contributed by atoms with E-state index in [1.807, 2.05) is 33.0 Å². The van der Waals surface area contributed by atoms with Gasteiger partial charge in [0.05, 0.1) is 0 Å². The Labute approximate surface area is 119 Å². The van der Waals surface area contributed by atoms with Crippen LogP contribution >= 0.6 is 0 Å². The number of carbonyl (C=O) groups excluding carboxylic acids is 1. The van der Waals surface area contributed by atoms with Crippen molar-refractivity contribution >= 4 is 5.91 Å². The van der Waals surface area contributed by atoms with Crippen LogP contribution in [0.1, 0.15) is 36.2 Å². The molecule has 0 aromatic carbocycles. The highest BCUT2D eigenvalue weighted by Gasteiger charge is 2.18. The number of aromatic nitrogens is 3. The van der Waals surface area contributed by atoms with Crippen molar-refractivity contribution in [3.63, 3.8) is 0 Å². The Bertz CT molecular complexity index is 578. The Morgan fingerprint density at radius 1 is 1.45 bits per heavy atom. The van der Waals surface area contributed by atoms with Gasteiger partial charge in [-0.15, -0.1) is 0 Å². The molecule has 0 spiro atoms. The summed E-state index contributed by atoms with van der Waals surface area (Å²) in [6, 6.07) is 3.62. The summed E-state index contributed by atoms with van der Waals surface area (Å²) in [7, 11) is 0. The second-order valence-electron chi connectivity index (χ2n) is 4.87. The molecule has 106 valence electrons. The first-order chi connectivity index (χ1) is 9.61. The molecule has 2 heterocycles. The van der Waals surface area contributed by atoms with Crippen molar-refractivity contribution in [2.45, 2.75) is 39.8 Å². The normalized spacial score (nSPS) is 12.2. The molecule has 0 aliphatic carbocycles. The van der Waals surface area contributed by atoms with Gasteiger partial charge < -0.3 is 5.32 Å². The lowest BCUT2D eigenvalue weighted by Crippen LogP contribution is -2.32. The van der Waals surface area contributed by atoms with Crippen LogP contribution in [-0.4, -0.2) is 20.7 Å². The van der Waals surface area contributed by atoms with E-state index in [-0.39, 0.29) is 11.9 Å². The van der Waals surface area contributed by atoms with Crippen molar-refractivity contribution in [3.8, 4) is 0 Å². The summed E-state index contributed by atoms with van der Waals surface area (Å²) < 4.78 is 1.69. The van der Waals surface area contributed by atoms with Gasteiger partial charge in [0.15, 0.2) is 0 Å². The molecule has 5 heteroatoms. The number of hydrogen-bond acceptors (Lipinski definition) is 3. The first-order valence-electron chi connectivity index (χ1n) is 6.80. The number of hydrogen-bond donors (Lipinski definition) is 1. The third-order valence-corrected chi connectivity index (χ3v) is 3.40. The molecule has 1 atom stereocenters. The predicted octanol–water partition coefficient (Wildman–Crippen LogP) is 2.16. The third-order valence-electron chi connectivity index (χ3n) is 3.40. The van der Waals surface area contributed by atoms with Crippen LogP contribution in [0, 0.1) is 13.8 Å². The Kier molecular flexibility index (Phi) is 4.50. The van der Waals surface area contributed by atoms with Gasteiger partial charge in [-0.05, 0) is 37.5 Å². The van der Waals surface area contributed by atoms with E-state index in [1.165, 1.54) is 0 Å². The fraction of sp³-hybridized carbons (Fsp3) is 0.400. The second-order valence-corrected chi connectivity index (χ2v) is 4.87. The lowest BCUT2D eigenvalue weighted by Gasteiger charge is -2.15. The maximum Gasteiger partial charge on any atom is 0.245 e. The fourth-order valence-electron chi connectivity index (χ4n) is 2.06. The standard InChI is InChI=1S/C15H20N4O/c1-4-14(19-7-5-6-18-19)15(20)17-10-13-8-11(2)12(3)16-9-13/h5-9,14H,4,10H2,1-3H3,(H,17,20). The highest BCUT2D eigenvalue weighted by atomic mass is 16.2. The molecule has 5 nitrogen and oxygen atoms in total. The van der Waals surface area contributed by atoms with Crippen LogP contribution in [0.2, 0.25) is 0 Å². The summed E-state index contributed by atoms with van der Waals surface area (Å²) in [6.07, 6.45) is 6.00. The van der Waals surface area contributed by atoms with Crippen molar-refractivity contribution < 1.29 is 4.79 Å². The summed E-state index contributed by atoms with van der Waals surface area (Å²) >= 11 is 0. The van der Waals surface area contributed by atoms with Crippen molar-refractivity contribution in [2.75, 3.05) is 0 Å². The highest BCUT2D eigenvalue weighted by Crippen LogP contribution is 2.11. The Morgan fingerprint density at radius 3 is 2.85 bits per heavy atom. The van der Waals surface area contributed by atoms with E-state index in [4.69, 9.17) is 0 Å². The SMILES string of the molecule is CCC(C(=O)NCc1cnc(C)c(C)c1)n1cccn1. The molecule has 20 heavy (non-hydrogen) atoms. The molecule has 0 fully saturated rings. The molecular weight excluding hydrogens is 252 g/mol. The second kappa shape index (κ2) is 6.32. The molecular formula is C15H20N4O. The van der Waals surface area contributed by atoms with Crippen molar-refractivity contribution in [2.24, 2.45) is 0 Å². The van der Waals surface area contributed by atoms with Crippen LogP contribution in [0.25, 0.3) is 0 Å². The Balaban J connectivity index is 1.99. The minimum Gasteiger partial charge on any atom is -0.350 e. The first-order valence-corrected chi connectivity index (χ1v) is 6.80. The summed E-state index contributed by atoms with van der Waals surface area (Å²) in [5, 5.41) is 7.08. The number of rotatable bonds is 5. The van der Waals surface area contributed by atoms with Gasteiger partial charge in [0.1, 0.15) is 6.04 Å². The van der Waals surface area contributed by atoms with Gasteiger partial charge in [-0.1, -0.05) is 13.0 Å². The molecule has 0 saturated carbocycles. The molecule has 0 bridgehead atoms. The van der Waals surface area contributed by atoms with Gasteiger partial charge in [0.25, 0.3) is 0 Å². The van der Waals surface area contributed by atoms with Crippen molar-refractivity contribution in [1.29, 1.82) is 0 Å². The largest absolute Gasteiger partial charge is 0.350 e. The smallest absolute Gasteiger partial charge is 0.245 e. The number of nitrogens with one attached hydrogen (secondary N) is 1. The average molecular weight is 272 g/mol. The zero-order valence-corrected chi connectivity index (χ0v) is 12.1. The van der Waals surface area contributed by atoms with Gasteiger partial charge in [-0.3, -0.25) is 14.5 Å².